The standard InChI is InChI=1S/C15H13ClF3N/c1-9-8-10(16)6-7-11(9)14(20)12-4-2-3-5-13(12)15(17,18)19/h2-8,14H,20H2,1H3. The van der Waals surface area contributed by atoms with Crippen molar-refractivity contribution >= 4 is 11.6 Å². The quantitative estimate of drug-likeness (QED) is 0.853. The zero-order valence-corrected chi connectivity index (χ0v) is 11.5. The normalized spacial score (nSPS) is 13.3. The largest absolute Gasteiger partial charge is 0.416 e. The summed E-state index contributed by atoms with van der Waals surface area (Å²) in [6.07, 6.45) is -4.42. The van der Waals surface area contributed by atoms with Crippen molar-refractivity contribution in [3.63, 3.8) is 0 Å². The van der Waals surface area contributed by atoms with E-state index in [1.807, 2.05) is 0 Å². The first-order valence-electron chi connectivity index (χ1n) is 5.98. The third-order valence-electron chi connectivity index (χ3n) is 3.17. The fourth-order valence-electron chi connectivity index (χ4n) is 2.18. The van der Waals surface area contributed by atoms with Crippen LogP contribution in [0.1, 0.15) is 28.3 Å². The molecule has 0 aromatic heterocycles. The van der Waals surface area contributed by atoms with Gasteiger partial charge in [-0.25, -0.2) is 0 Å². The highest BCUT2D eigenvalue weighted by atomic mass is 35.5. The van der Waals surface area contributed by atoms with Crippen LogP contribution in [0.3, 0.4) is 0 Å². The predicted molar refractivity (Wildman–Crippen MR) is 73.7 cm³/mol. The maximum Gasteiger partial charge on any atom is 0.416 e. The third-order valence-corrected chi connectivity index (χ3v) is 3.40. The molecule has 5 heteroatoms. The van der Waals surface area contributed by atoms with Gasteiger partial charge in [0.1, 0.15) is 0 Å². The van der Waals surface area contributed by atoms with Crippen LogP contribution in [0.4, 0.5) is 13.2 Å². The Labute approximate surface area is 120 Å². The Hall–Kier alpha value is -1.52. The summed E-state index contributed by atoms with van der Waals surface area (Å²) >= 11 is 5.85. The van der Waals surface area contributed by atoms with E-state index in [0.29, 0.717) is 10.6 Å². The first kappa shape index (κ1) is 14.9. The molecule has 106 valence electrons. The van der Waals surface area contributed by atoms with Gasteiger partial charge in [0.15, 0.2) is 0 Å². The van der Waals surface area contributed by atoms with Crippen LogP contribution in [-0.4, -0.2) is 0 Å². The Bertz CT molecular complexity index is 623. The fourth-order valence-corrected chi connectivity index (χ4v) is 2.41. The van der Waals surface area contributed by atoms with Gasteiger partial charge in [-0.3, -0.25) is 0 Å². The molecule has 2 aromatic carbocycles. The number of nitrogens with two attached hydrogens (primary N) is 1. The minimum Gasteiger partial charge on any atom is -0.320 e. The van der Waals surface area contributed by atoms with Crippen molar-refractivity contribution in [2.24, 2.45) is 5.73 Å². The van der Waals surface area contributed by atoms with Crippen LogP contribution in [0, 0.1) is 6.92 Å². The van der Waals surface area contributed by atoms with E-state index in [4.69, 9.17) is 17.3 Å². The van der Waals surface area contributed by atoms with Gasteiger partial charge in [0.25, 0.3) is 0 Å². The average molecular weight is 300 g/mol. The van der Waals surface area contributed by atoms with Crippen LogP contribution < -0.4 is 5.73 Å². The van der Waals surface area contributed by atoms with Crippen molar-refractivity contribution in [3.8, 4) is 0 Å². The molecule has 0 aliphatic carbocycles. The summed E-state index contributed by atoms with van der Waals surface area (Å²) in [5.41, 5.74) is 6.77. The third kappa shape index (κ3) is 2.97. The van der Waals surface area contributed by atoms with E-state index in [2.05, 4.69) is 0 Å². The van der Waals surface area contributed by atoms with Crippen molar-refractivity contribution in [3.05, 3.63) is 69.7 Å². The Morgan fingerprint density at radius 1 is 1.05 bits per heavy atom. The zero-order valence-electron chi connectivity index (χ0n) is 10.7. The van der Waals surface area contributed by atoms with E-state index in [9.17, 15) is 13.2 Å². The fraction of sp³-hybridized carbons (Fsp3) is 0.200. The summed E-state index contributed by atoms with van der Waals surface area (Å²) in [7, 11) is 0. The lowest BCUT2D eigenvalue weighted by molar-refractivity contribution is -0.138. The maximum absolute atomic E-state index is 13.0. The molecule has 1 atom stereocenters. The van der Waals surface area contributed by atoms with Crippen LogP contribution in [-0.2, 0) is 6.18 Å². The Balaban J connectivity index is 2.51. The molecule has 0 aliphatic heterocycles. The van der Waals surface area contributed by atoms with Gasteiger partial charge in [0.05, 0.1) is 11.6 Å². The molecule has 2 rings (SSSR count). The second-order valence-electron chi connectivity index (χ2n) is 4.56. The first-order valence-corrected chi connectivity index (χ1v) is 6.36. The van der Waals surface area contributed by atoms with E-state index in [1.165, 1.54) is 12.1 Å². The predicted octanol–water partition coefficient (Wildman–Crippen LogP) is 4.72. The minimum atomic E-state index is -4.42. The smallest absolute Gasteiger partial charge is 0.320 e. The molecule has 20 heavy (non-hydrogen) atoms. The molecule has 0 bridgehead atoms. The number of rotatable bonds is 2. The molecule has 2 N–H and O–H groups in total. The van der Waals surface area contributed by atoms with E-state index in [0.717, 1.165) is 11.6 Å². The van der Waals surface area contributed by atoms with Crippen LogP contribution in [0.2, 0.25) is 5.02 Å². The lowest BCUT2D eigenvalue weighted by Gasteiger charge is -2.20. The van der Waals surface area contributed by atoms with Gasteiger partial charge < -0.3 is 5.73 Å². The summed E-state index contributed by atoms with van der Waals surface area (Å²) in [4.78, 5) is 0. The van der Waals surface area contributed by atoms with Gasteiger partial charge in [-0.1, -0.05) is 35.9 Å². The van der Waals surface area contributed by atoms with Gasteiger partial charge in [-0.05, 0) is 41.8 Å². The van der Waals surface area contributed by atoms with Crippen LogP contribution in [0.25, 0.3) is 0 Å². The highest BCUT2D eigenvalue weighted by Crippen LogP contribution is 2.36. The van der Waals surface area contributed by atoms with Gasteiger partial charge in [0, 0.05) is 5.02 Å². The zero-order chi connectivity index (χ0) is 14.9. The summed E-state index contributed by atoms with van der Waals surface area (Å²) < 4.78 is 39.0. The van der Waals surface area contributed by atoms with E-state index in [-0.39, 0.29) is 5.56 Å². The lowest BCUT2D eigenvalue weighted by Crippen LogP contribution is -2.19. The Morgan fingerprint density at radius 2 is 1.70 bits per heavy atom. The molecule has 0 radical (unpaired) electrons. The molecule has 1 unspecified atom stereocenters. The Morgan fingerprint density at radius 3 is 2.30 bits per heavy atom. The molecule has 0 saturated carbocycles. The molecule has 0 fully saturated rings. The van der Waals surface area contributed by atoms with Crippen molar-refractivity contribution in [2.75, 3.05) is 0 Å². The molecule has 0 aliphatic rings. The van der Waals surface area contributed by atoms with E-state index < -0.39 is 17.8 Å². The summed E-state index contributed by atoms with van der Waals surface area (Å²) in [5.74, 6) is 0. The van der Waals surface area contributed by atoms with Gasteiger partial charge in [-0.2, -0.15) is 13.2 Å². The minimum absolute atomic E-state index is 0.0606. The average Bonchev–Trinajstić information content (AvgIpc) is 2.37. The summed E-state index contributed by atoms with van der Waals surface area (Å²) in [5, 5.41) is 0.530. The summed E-state index contributed by atoms with van der Waals surface area (Å²) in [6.45, 7) is 1.78. The number of benzene rings is 2. The Kier molecular flexibility index (Phi) is 4.06. The second-order valence-corrected chi connectivity index (χ2v) is 5.00. The molecular weight excluding hydrogens is 287 g/mol. The van der Waals surface area contributed by atoms with Gasteiger partial charge >= 0.3 is 6.18 Å². The van der Waals surface area contributed by atoms with Crippen molar-refractivity contribution in [1.82, 2.24) is 0 Å². The SMILES string of the molecule is Cc1cc(Cl)ccc1C(N)c1ccccc1C(F)(F)F. The second kappa shape index (κ2) is 5.46. The molecule has 0 spiro atoms. The summed E-state index contributed by atoms with van der Waals surface area (Å²) in [6, 6.07) is 9.48. The van der Waals surface area contributed by atoms with Crippen molar-refractivity contribution in [2.45, 2.75) is 19.1 Å². The van der Waals surface area contributed by atoms with Gasteiger partial charge in [0.2, 0.25) is 0 Å². The molecule has 0 amide bonds. The molecule has 2 aromatic rings. The van der Waals surface area contributed by atoms with E-state index >= 15 is 0 Å². The monoisotopic (exact) mass is 299 g/mol. The van der Waals surface area contributed by atoms with Gasteiger partial charge in [-0.15, -0.1) is 0 Å². The number of hydrogen-bond donors (Lipinski definition) is 1. The topological polar surface area (TPSA) is 26.0 Å². The number of aryl methyl sites for hydroxylation is 1. The molecule has 0 heterocycles. The highest BCUT2D eigenvalue weighted by Gasteiger charge is 2.34. The molecule has 1 nitrogen and oxygen atoms in total. The lowest BCUT2D eigenvalue weighted by atomic mass is 9.92. The molecule has 0 saturated heterocycles. The maximum atomic E-state index is 13.0. The van der Waals surface area contributed by atoms with Crippen molar-refractivity contribution < 1.29 is 13.2 Å². The number of alkyl halides is 3. The first-order chi connectivity index (χ1) is 9.30. The highest BCUT2D eigenvalue weighted by molar-refractivity contribution is 6.30. The van der Waals surface area contributed by atoms with Crippen LogP contribution in [0.5, 0.6) is 0 Å². The van der Waals surface area contributed by atoms with Crippen LogP contribution >= 0.6 is 11.6 Å². The van der Waals surface area contributed by atoms with Crippen molar-refractivity contribution in [1.29, 1.82) is 0 Å². The van der Waals surface area contributed by atoms with Crippen LogP contribution in [0.15, 0.2) is 42.5 Å². The number of hydrogen-bond acceptors (Lipinski definition) is 1. The molecular formula is C15H13ClF3N. The number of halogens is 4. The van der Waals surface area contributed by atoms with E-state index in [1.54, 1.807) is 31.2 Å².